The number of phenolic OH excluding ortho intramolecular Hbond substituents is 4. The lowest BCUT2D eigenvalue weighted by atomic mass is 10.1. The maximum Gasteiger partial charge on any atom is 0.414 e. The number of carboxylic acid groups (broad SMARTS) is 2. The fourth-order valence-corrected chi connectivity index (χ4v) is 4.74. The van der Waals surface area contributed by atoms with Gasteiger partial charge in [0, 0.05) is 26.2 Å². The van der Waals surface area contributed by atoms with Gasteiger partial charge in [-0.05, 0) is 85.3 Å². The molecule has 0 atom stereocenters. The zero-order chi connectivity index (χ0) is 35.3. The summed E-state index contributed by atoms with van der Waals surface area (Å²) in [7, 11) is 0. The molecule has 0 fully saturated rings. The number of rotatable bonds is 14. The van der Waals surface area contributed by atoms with E-state index in [1.165, 1.54) is 11.1 Å². The van der Waals surface area contributed by atoms with E-state index in [1.54, 1.807) is 24.3 Å². The van der Waals surface area contributed by atoms with Crippen LogP contribution in [0.2, 0.25) is 0 Å². The predicted octanol–water partition coefficient (Wildman–Crippen LogP) is 5.57. The molecule has 48 heavy (non-hydrogen) atoms. The van der Waals surface area contributed by atoms with Crippen molar-refractivity contribution in [3.63, 3.8) is 0 Å². The molecule has 6 N–H and O–H groups in total. The fourth-order valence-electron chi connectivity index (χ4n) is 4.74. The van der Waals surface area contributed by atoms with Crippen LogP contribution in [0, 0.1) is 0 Å². The molecule has 258 valence electrons. The zero-order valence-corrected chi connectivity index (χ0v) is 27.7. The summed E-state index contributed by atoms with van der Waals surface area (Å²) >= 11 is 0. The number of phenols is 4. The molecular weight excluding hydrogens is 612 g/mol. The molecule has 0 saturated heterocycles. The van der Waals surface area contributed by atoms with Crippen LogP contribution in [0.25, 0.3) is 0 Å². The van der Waals surface area contributed by atoms with Crippen LogP contribution in [0.4, 0.5) is 0 Å². The van der Waals surface area contributed by atoms with E-state index in [9.17, 15) is 20.4 Å². The second kappa shape index (κ2) is 21.7. The summed E-state index contributed by atoms with van der Waals surface area (Å²) in [4.78, 5) is 23.0. The van der Waals surface area contributed by atoms with Crippen LogP contribution < -0.4 is 0 Å². The predicted molar refractivity (Wildman–Crippen MR) is 187 cm³/mol. The van der Waals surface area contributed by atoms with Crippen molar-refractivity contribution in [3.05, 3.63) is 119 Å². The average Bonchev–Trinajstić information content (AvgIpc) is 3.09. The van der Waals surface area contributed by atoms with E-state index >= 15 is 0 Å². The minimum Gasteiger partial charge on any atom is -0.504 e. The molecule has 0 aromatic heterocycles. The molecule has 4 aromatic rings. The Morgan fingerprint density at radius 2 is 0.771 bits per heavy atom. The summed E-state index contributed by atoms with van der Waals surface area (Å²) in [5, 5.41) is 52.4. The van der Waals surface area contributed by atoms with E-state index in [1.807, 2.05) is 24.3 Å². The van der Waals surface area contributed by atoms with Crippen molar-refractivity contribution in [2.45, 2.75) is 39.5 Å². The highest BCUT2D eigenvalue weighted by molar-refractivity contribution is 6.27. The number of carboxylic acids is 2. The lowest BCUT2D eigenvalue weighted by Gasteiger charge is -2.20. The minimum absolute atomic E-state index is 0.0418. The quantitative estimate of drug-likeness (QED) is 0.0746. The molecule has 0 spiro atoms. The van der Waals surface area contributed by atoms with Crippen molar-refractivity contribution >= 4 is 11.9 Å². The monoisotopic (exact) mass is 660 g/mol. The molecule has 0 bridgehead atoms. The lowest BCUT2D eigenvalue weighted by Crippen LogP contribution is -2.28. The van der Waals surface area contributed by atoms with Gasteiger partial charge in [0.25, 0.3) is 0 Å². The first kappa shape index (κ1) is 39.1. The van der Waals surface area contributed by atoms with E-state index in [2.05, 4.69) is 72.2 Å². The minimum atomic E-state index is -1.82. The first-order valence-electron chi connectivity index (χ1n) is 16.0. The summed E-state index contributed by atoms with van der Waals surface area (Å²) in [5.41, 5.74) is 4.81. The molecule has 0 aliphatic rings. The highest BCUT2D eigenvalue weighted by atomic mass is 16.4. The van der Waals surface area contributed by atoms with Gasteiger partial charge < -0.3 is 40.4 Å². The summed E-state index contributed by atoms with van der Waals surface area (Å²) < 4.78 is 0. The largest absolute Gasteiger partial charge is 0.504 e. The molecule has 4 aromatic carbocycles. The molecule has 0 unspecified atom stereocenters. The Kier molecular flexibility index (Phi) is 17.7. The van der Waals surface area contributed by atoms with Crippen molar-refractivity contribution in [1.29, 1.82) is 0 Å². The zero-order valence-electron chi connectivity index (χ0n) is 27.7. The maximum absolute atomic E-state index is 9.51. The number of hydrogen-bond donors (Lipinski definition) is 6. The van der Waals surface area contributed by atoms with Crippen molar-refractivity contribution in [2.24, 2.45) is 0 Å². The standard InChI is InChI=1S/2C18H23NO2.C2H2O4/c2*1-2-19(12-10-15-6-4-3-5-7-15)13-11-16-8-9-17(20)18(21)14-16;3-1(4)2(5)6/h2*3-9,14,20-21H,2,10-13H2,1H3;(H,3,4)(H,5,6). The number of nitrogens with zero attached hydrogens (tertiary/aromatic N) is 2. The van der Waals surface area contributed by atoms with Crippen molar-refractivity contribution in [2.75, 3.05) is 39.3 Å². The van der Waals surface area contributed by atoms with Gasteiger partial charge in [0.05, 0.1) is 0 Å². The Balaban J connectivity index is 0.000000286. The van der Waals surface area contributed by atoms with Gasteiger partial charge in [-0.3, -0.25) is 0 Å². The molecule has 0 saturated carbocycles. The number of aliphatic carboxylic acids is 2. The molecule has 0 amide bonds. The normalized spacial score (nSPS) is 10.5. The molecule has 4 rings (SSSR count). The molecule has 0 aliphatic heterocycles. The number of benzene rings is 4. The summed E-state index contributed by atoms with van der Waals surface area (Å²) in [5.74, 6) is -3.85. The Labute approximate surface area is 282 Å². The van der Waals surface area contributed by atoms with Gasteiger partial charge in [-0.25, -0.2) is 9.59 Å². The second-order valence-corrected chi connectivity index (χ2v) is 11.1. The Hall–Kier alpha value is -5.06. The third-order valence-corrected chi connectivity index (χ3v) is 7.71. The number of carbonyl (C=O) groups is 2. The molecule has 10 heteroatoms. The van der Waals surface area contributed by atoms with Crippen molar-refractivity contribution < 1.29 is 40.2 Å². The number of likely N-dealkylation sites (N-methyl/N-ethyl adjacent to an activating group) is 2. The Bertz CT molecular complexity index is 1400. The van der Waals surface area contributed by atoms with Gasteiger partial charge in [0.15, 0.2) is 23.0 Å². The summed E-state index contributed by atoms with van der Waals surface area (Å²) in [6.45, 7) is 10.3. The van der Waals surface area contributed by atoms with Gasteiger partial charge in [0.2, 0.25) is 0 Å². The van der Waals surface area contributed by atoms with Gasteiger partial charge in [-0.15, -0.1) is 0 Å². The van der Waals surface area contributed by atoms with Crippen LogP contribution >= 0.6 is 0 Å². The maximum atomic E-state index is 9.51. The lowest BCUT2D eigenvalue weighted by molar-refractivity contribution is -0.159. The molecule has 10 nitrogen and oxygen atoms in total. The molecule has 0 aliphatic carbocycles. The highest BCUT2D eigenvalue weighted by Gasteiger charge is 2.07. The van der Waals surface area contributed by atoms with Gasteiger partial charge >= 0.3 is 11.9 Å². The molecular formula is C38H48N2O8. The third-order valence-electron chi connectivity index (χ3n) is 7.71. The summed E-state index contributed by atoms with van der Waals surface area (Å²) in [6.07, 6.45) is 3.85. The third kappa shape index (κ3) is 15.5. The Morgan fingerprint density at radius 1 is 0.458 bits per heavy atom. The van der Waals surface area contributed by atoms with Gasteiger partial charge in [-0.1, -0.05) is 86.6 Å². The number of aromatic hydroxyl groups is 4. The van der Waals surface area contributed by atoms with E-state index in [0.717, 1.165) is 76.1 Å². The smallest absolute Gasteiger partial charge is 0.414 e. The first-order chi connectivity index (χ1) is 23.0. The van der Waals surface area contributed by atoms with Gasteiger partial charge in [0.1, 0.15) is 0 Å². The SMILES string of the molecule is CCN(CCc1ccccc1)CCc1ccc(O)c(O)c1.CCN(CCc1ccccc1)CCc1ccc(O)c(O)c1.O=C(O)C(=O)O. The van der Waals surface area contributed by atoms with Crippen molar-refractivity contribution in [3.8, 4) is 23.0 Å². The van der Waals surface area contributed by atoms with E-state index in [4.69, 9.17) is 19.8 Å². The topological polar surface area (TPSA) is 162 Å². The van der Waals surface area contributed by atoms with Gasteiger partial charge in [-0.2, -0.15) is 0 Å². The molecule has 0 radical (unpaired) electrons. The van der Waals surface area contributed by atoms with Crippen LogP contribution in [-0.2, 0) is 35.3 Å². The van der Waals surface area contributed by atoms with Crippen molar-refractivity contribution in [1.82, 2.24) is 9.80 Å². The first-order valence-corrected chi connectivity index (χ1v) is 16.0. The Morgan fingerprint density at radius 3 is 1.04 bits per heavy atom. The highest BCUT2D eigenvalue weighted by Crippen LogP contribution is 2.26. The second-order valence-electron chi connectivity index (χ2n) is 11.1. The number of hydrogen-bond acceptors (Lipinski definition) is 8. The van der Waals surface area contributed by atoms with E-state index in [-0.39, 0.29) is 23.0 Å². The van der Waals surface area contributed by atoms with Crippen LogP contribution in [0.1, 0.15) is 36.1 Å². The van der Waals surface area contributed by atoms with E-state index in [0.29, 0.717) is 0 Å². The van der Waals surface area contributed by atoms with Crippen LogP contribution in [0.3, 0.4) is 0 Å². The van der Waals surface area contributed by atoms with E-state index < -0.39 is 11.9 Å². The average molecular weight is 661 g/mol. The van der Waals surface area contributed by atoms with Crippen LogP contribution in [-0.4, -0.2) is 91.6 Å². The summed E-state index contributed by atoms with van der Waals surface area (Å²) in [6, 6.07) is 31.1. The fraction of sp³-hybridized carbons (Fsp3) is 0.316. The van der Waals surface area contributed by atoms with Crippen LogP contribution in [0.5, 0.6) is 23.0 Å². The molecule has 0 heterocycles. The van der Waals surface area contributed by atoms with Crippen LogP contribution in [0.15, 0.2) is 97.1 Å².